The van der Waals surface area contributed by atoms with Crippen LogP contribution in [0.15, 0.2) is 35.9 Å². The first-order chi connectivity index (χ1) is 12.9. The average Bonchev–Trinajstić information content (AvgIpc) is 2.94. The molecule has 3 N–H and O–H groups in total. The second-order valence-corrected chi connectivity index (χ2v) is 9.96. The lowest BCUT2D eigenvalue weighted by Crippen LogP contribution is -2.25. The quantitative estimate of drug-likeness (QED) is 0.550. The number of aromatic amines is 1. The van der Waals surface area contributed by atoms with E-state index in [-0.39, 0.29) is 22.3 Å². The molecule has 1 atom stereocenters. The molecule has 0 spiro atoms. The Balaban J connectivity index is 2.18. The molecule has 1 aliphatic rings. The molecule has 28 heavy (non-hydrogen) atoms. The fraction of sp³-hybridized carbons (Fsp3) is 0.455. The molecule has 3 rings (SSSR count). The molecule has 0 bridgehead atoms. The van der Waals surface area contributed by atoms with Gasteiger partial charge in [0.05, 0.1) is 5.56 Å². The molecule has 5 nitrogen and oxygen atoms in total. The van der Waals surface area contributed by atoms with Crippen molar-refractivity contribution in [3.05, 3.63) is 40.7 Å². The molecule has 0 fully saturated rings. The summed E-state index contributed by atoms with van der Waals surface area (Å²) in [5, 5.41) is 27.2. The Hall–Kier alpha value is -2.34. The third kappa shape index (κ3) is 3.92. The highest BCUT2D eigenvalue weighted by Crippen LogP contribution is 2.43. The molecular weight excluding hydrogens is 370 g/mol. The van der Waals surface area contributed by atoms with Crippen LogP contribution in [0, 0.1) is 21.5 Å². The number of nitrogens with zero attached hydrogens (tertiary/aromatic N) is 2. The van der Waals surface area contributed by atoms with Crippen LogP contribution in [0.2, 0.25) is 0 Å². The van der Waals surface area contributed by atoms with Gasteiger partial charge in [0.2, 0.25) is 0 Å². The largest absolute Gasteiger partial charge is 0.508 e. The summed E-state index contributed by atoms with van der Waals surface area (Å²) >= 11 is 5.54. The molecule has 0 amide bonds. The van der Waals surface area contributed by atoms with Crippen LogP contribution in [0.4, 0.5) is 0 Å². The summed E-state index contributed by atoms with van der Waals surface area (Å²) in [5.74, 6) is 0.853. The summed E-state index contributed by atoms with van der Waals surface area (Å²) < 4.78 is 2.38. The molecule has 1 heterocycles. The molecule has 1 aliphatic carbocycles. The summed E-state index contributed by atoms with van der Waals surface area (Å²) in [5.41, 5.74) is 2.93. The van der Waals surface area contributed by atoms with Crippen LogP contribution in [-0.2, 0) is 0 Å². The van der Waals surface area contributed by atoms with Crippen molar-refractivity contribution < 1.29 is 10.2 Å². The fourth-order valence-corrected chi connectivity index (χ4v) is 3.67. The summed E-state index contributed by atoms with van der Waals surface area (Å²) in [6.45, 7) is 13.4. The summed E-state index contributed by atoms with van der Waals surface area (Å²) in [6, 6.07) is 4.49. The Morgan fingerprint density at radius 3 is 2.39 bits per heavy atom. The van der Waals surface area contributed by atoms with Crippen molar-refractivity contribution in [2.24, 2.45) is 16.7 Å². The number of allylic oxidation sites excluding steroid dienone is 4. The molecule has 0 radical (unpaired) electrons. The van der Waals surface area contributed by atoms with Crippen molar-refractivity contribution in [1.29, 1.82) is 0 Å². The van der Waals surface area contributed by atoms with Crippen LogP contribution in [0.3, 0.4) is 0 Å². The van der Waals surface area contributed by atoms with E-state index in [9.17, 15) is 10.2 Å². The maximum atomic E-state index is 10.3. The van der Waals surface area contributed by atoms with Crippen molar-refractivity contribution >= 4 is 17.9 Å². The van der Waals surface area contributed by atoms with Gasteiger partial charge in [-0.15, -0.1) is 0 Å². The van der Waals surface area contributed by atoms with Gasteiger partial charge in [-0.3, -0.25) is 9.67 Å². The van der Waals surface area contributed by atoms with Gasteiger partial charge in [-0.1, -0.05) is 47.6 Å². The highest BCUT2D eigenvalue weighted by Gasteiger charge is 2.31. The lowest BCUT2D eigenvalue weighted by Gasteiger charge is -2.35. The van der Waals surface area contributed by atoms with E-state index in [4.69, 9.17) is 12.2 Å². The fourth-order valence-electron chi connectivity index (χ4n) is 3.42. The smallest absolute Gasteiger partial charge is 0.199 e. The molecule has 0 aliphatic heterocycles. The first-order valence-electron chi connectivity index (χ1n) is 9.51. The van der Waals surface area contributed by atoms with Crippen molar-refractivity contribution in [2.75, 3.05) is 0 Å². The van der Waals surface area contributed by atoms with Gasteiger partial charge in [0.1, 0.15) is 11.5 Å². The molecule has 1 aromatic heterocycles. The predicted molar refractivity (Wildman–Crippen MR) is 116 cm³/mol. The van der Waals surface area contributed by atoms with Gasteiger partial charge >= 0.3 is 0 Å². The Labute approximate surface area is 171 Å². The number of rotatable bonds is 2. The minimum absolute atomic E-state index is 0.00191. The van der Waals surface area contributed by atoms with E-state index in [1.54, 1.807) is 6.07 Å². The van der Waals surface area contributed by atoms with E-state index in [1.807, 2.05) is 4.57 Å². The van der Waals surface area contributed by atoms with Gasteiger partial charge in [0.15, 0.2) is 10.6 Å². The predicted octanol–water partition coefficient (Wildman–Crippen LogP) is 5.90. The van der Waals surface area contributed by atoms with Crippen molar-refractivity contribution in [2.45, 2.75) is 48.0 Å². The van der Waals surface area contributed by atoms with Gasteiger partial charge in [-0.25, -0.2) is 0 Å². The SMILES string of the molecule is CC(C)(C)C1=CC(C(C)(C)C)CC(n2c(-c3ccc(O)cc3O)n[nH]c2=S)=C1. The van der Waals surface area contributed by atoms with E-state index in [2.05, 4.69) is 63.9 Å². The van der Waals surface area contributed by atoms with Crippen LogP contribution in [0.25, 0.3) is 17.1 Å². The van der Waals surface area contributed by atoms with E-state index < -0.39 is 0 Å². The van der Waals surface area contributed by atoms with E-state index in [1.165, 1.54) is 17.7 Å². The Kier molecular flexibility index (Phi) is 5.04. The first kappa shape index (κ1) is 20.4. The Bertz CT molecular complexity index is 1010. The van der Waals surface area contributed by atoms with Gasteiger partial charge in [0.25, 0.3) is 0 Å². The summed E-state index contributed by atoms with van der Waals surface area (Å²) in [4.78, 5) is 0. The zero-order chi connectivity index (χ0) is 20.9. The van der Waals surface area contributed by atoms with E-state index in [0.29, 0.717) is 22.1 Å². The number of hydrogen-bond acceptors (Lipinski definition) is 4. The second-order valence-electron chi connectivity index (χ2n) is 9.57. The summed E-state index contributed by atoms with van der Waals surface area (Å²) in [7, 11) is 0. The normalized spacial score (nSPS) is 18.0. The van der Waals surface area contributed by atoms with Gasteiger partial charge < -0.3 is 10.2 Å². The molecule has 150 valence electrons. The van der Waals surface area contributed by atoms with Crippen LogP contribution >= 0.6 is 12.2 Å². The van der Waals surface area contributed by atoms with Crippen molar-refractivity contribution in [3.63, 3.8) is 0 Å². The van der Waals surface area contributed by atoms with Crippen LogP contribution < -0.4 is 0 Å². The maximum absolute atomic E-state index is 10.3. The molecule has 1 aromatic carbocycles. The number of aromatic nitrogens is 3. The van der Waals surface area contributed by atoms with Gasteiger partial charge in [-0.05, 0) is 59.2 Å². The van der Waals surface area contributed by atoms with Gasteiger partial charge in [0, 0.05) is 11.8 Å². The number of nitrogens with one attached hydrogen (secondary N) is 1. The Morgan fingerprint density at radius 1 is 1.14 bits per heavy atom. The van der Waals surface area contributed by atoms with Crippen molar-refractivity contribution in [3.8, 4) is 22.9 Å². The number of H-pyrrole nitrogens is 1. The number of phenolic OH excluding ortho intramolecular Hbond substituents is 2. The first-order valence-corrected chi connectivity index (χ1v) is 9.92. The Morgan fingerprint density at radius 2 is 1.82 bits per heavy atom. The van der Waals surface area contributed by atoms with Crippen molar-refractivity contribution in [1.82, 2.24) is 14.8 Å². The third-order valence-electron chi connectivity index (χ3n) is 5.29. The zero-order valence-corrected chi connectivity index (χ0v) is 18.2. The second kappa shape index (κ2) is 6.92. The molecular formula is C22H29N3O2S. The third-order valence-corrected chi connectivity index (χ3v) is 5.57. The van der Waals surface area contributed by atoms with E-state index in [0.717, 1.165) is 12.1 Å². The molecule has 0 saturated carbocycles. The lowest BCUT2D eigenvalue weighted by atomic mass is 9.71. The van der Waals surface area contributed by atoms with Crippen LogP contribution in [0.5, 0.6) is 11.5 Å². The monoisotopic (exact) mass is 399 g/mol. The maximum Gasteiger partial charge on any atom is 0.199 e. The highest BCUT2D eigenvalue weighted by molar-refractivity contribution is 7.71. The lowest BCUT2D eigenvalue weighted by molar-refractivity contribution is 0.289. The minimum Gasteiger partial charge on any atom is -0.508 e. The standard InChI is InChI=1S/C22H29N3O2S/c1-21(2,3)13-9-14(22(4,5)6)11-15(10-13)25-19(23-24-20(25)28)17-8-7-16(26)12-18(17)27/h7-10,12,14,26-27H,11H2,1-6H3,(H,24,28). The number of aromatic hydroxyl groups is 2. The number of hydrogen-bond donors (Lipinski definition) is 3. The average molecular weight is 400 g/mol. The highest BCUT2D eigenvalue weighted by atomic mass is 32.1. The molecule has 1 unspecified atom stereocenters. The topological polar surface area (TPSA) is 74.1 Å². The van der Waals surface area contributed by atoms with Crippen LogP contribution in [-0.4, -0.2) is 25.0 Å². The zero-order valence-electron chi connectivity index (χ0n) is 17.4. The minimum atomic E-state index is -0.0365. The number of benzene rings is 1. The number of phenols is 2. The van der Waals surface area contributed by atoms with Crippen LogP contribution in [0.1, 0.15) is 48.0 Å². The molecule has 0 saturated heterocycles. The van der Waals surface area contributed by atoms with E-state index >= 15 is 0 Å². The summed E-state index contributed by atoms with van der Waals surface area (Å²) in [6.07, 6.45) is 5.39. The molecule has 2 aromatic rings. The van der Waals surface area contributed by atoms with Gasteiger partial charge in [-0.2, -0.15) is 5.10 Å². The molecule has 6 heteroatoms.